The summed E-state index contributed by atoms with van der Waals surface area (Å²) in [5.74, 6) is 0.624. The van der Waals surface area contributed by atoms with E-state index in [1.54, 1.807) is 18.4 Å². The highest BCUT2D eigenvalue weighted by atomic mass is 32.1. The van der Waals surface area contributed by atoms with E-state index in [-0.39, 0.29) is 12.2 Å². The van der Waals surface area contributed by atoms with Crippen molar-refractivity contribution >= 4 is 23.4 Å². The maximum atomic E-state index is 13.9. The molecule has 40 heavy (non-hydrogen) atoms. The predicted molar refractivity (Wildman–Crippen MR) is 158 cm³/mol. The molecule has 0 fully saturated rings. The first-order valence-electron chi connectivity index (χ1n) is 13.4. The van der Waals surface area contributed by atoms with E-state index in [1.807, 2.05) is 72.8 Å². The van der Waals surface area contributed by atoms with E-state index in [1.165, 1.54) is 16.9 Å². The molecule has 6 nitrogen and oxygen atoms in total. The molecule has 1 atom stereocenters. The van der Waals surface area contributed by atoms with Crippen molar-refractivity contribution < 1.29 is 14.3 Å². The van der Waals surface area contributed by atoms with Crippen LogP contribution in [0.15, 0.2) is 99.9 Å². The van der Waals surface area contributed by atoms with Gasteiger partial charge in [0.05, 0.1) is 28.5 Å². The molecule has 0 aliphatic carbocycles. The molecule has 4 aromatic rings. The Morgan fingerprint density at radius 3 is 2.50 bits per heavy atom. The zero-order valence-electron chi connectivity index (χ0n) is 23.1. The molecule has 0 bridgehead atoms. The molecule has 3 aromatic carbocycles. The fourth-order valence-corrected chi connectivity index (χ4v) is 5.80. The second-order valence-corrected chi connectivity index (χ2v) is 11.0. The average Bonchev–Trinajstić information content (AvgIpc) is 3.26. The number of carbonyl (C=O) groups is 1. The highest BCUT2D eigenvalue weighted by Crippen LogP contribution is 2.31. The van der Waals surface area contributed by atoms with E-state index >= 15 is 0 Å². The minimum Gasteiger partial charge on any atom is -0.489 e. The molecule has 0 saturated heterocycles. The number of rotatable bonds is 8. The molecule has 7 heteroatoms. The highest BCUT2D eigenvalue weighted by molar-refractivity contribution is 7.07. The molecule has 1 aromatic heterocycles. The zero-order chi connectivity index (χ0) is 28.2. The van der Waals surface area contributed by atoms with Crippen molar-refractivity contribution in [2.75, 3.05) is 6.61 Å². The van der Waals surface area contributed by atoms with Crippen LogP contribution in [0.3, 0.4) is 0 Å². The minimum absolute atomic E-state index is 0.202. The Morgan fingerprint density at radius 1 is 1.05 bits per heavy atom. The molecule has 0 spiro atoms. The molecule has 1 aliphatic rings. The first kappa shape index (κ1) is 27.3. The predicted octanol–water partition coefficient (Wildman–Crippen LogP) is 5.50. The number of ether oxygens (including phenoxy) is 2. The van der Waals surface area contributed by atoms with E-state index < -0.39 is 12.0 Å². The Labute approximate surface area is 237 Å². The number of hydrogen-bond donors (Lipinski definition) is 0. The summed E-state index contributed by atoms with van der Waals surface area (Å²) in [4.78, 5) is 32.2. The van der Waals surface area contributed by atoms with Crippen LogP contribution in [0.25, 0.3) is 6.08 Å². The number of aromatic nitrogens is 1. The standard InChI is InChI=1S/C33H32N2O4S/c1-5-38-32(37)29-22(4)34-33-35(30(29)26-16-14-25(15-17-26)21(2)3)31(36)28(40-33)19-24-12-9-13-27(18-24)39-20-23-10-7-6-8-11-23/h6-19,21,30H,5,20H2,1-4H3/b28-19-/t30-/m1/s1. The maximum absolute atomic E-state index is 13.9. The van der Waals surface area contributed by atoms with Gasteiger partial charge in [0.1, 0.15) is 12.4 Å². The first-order chi connectivity index (χ1) is 19.4. The van der Waals surface area contributed by atoms with E-state index in [0.717, 1.165) is 16.7 Å². The number of carbonyl (C=O) groups excluding carboxylic acids is 1. The lowest BCUT2D eigenvalue weighted by Crippen LogP contribution is -2.39. The van der Waals surface area contributed by atoms with Crippen molar-refractivity contribution in [1.82, 2.24) is 4.57 Å². The lowest BCUT2D eigenvalue weighted by molar-refractivity contribution is -0.139. The van der Waals surface area contributed by atoms with Crippen LogP contribution in [0, 0.1) is 0 Å². The number of benzene rings is 3. The fourth-order valence-electron chi connectivity index (χ4n) is 4.76. The van der Waals surface area contributed by atoms with Crippen molar-refractivity contribution in [2.24, 2.45) is 4.99 Å². The second kappa shape index (κ2) is 11.9. The van der Waals surface area contributed by atoms with Crippen molar-refractivity contribution in [3.8, 4) is 5.75 Å². The summed E-state index contributed by atoms with van der Waals surface area (Å²) in [7, 11) is 0. The van der Waals surface area contributed by atoms with Crippen molar-refractivity contribution in [3.05, 3.63) is 132 Å². The summed E-state index contributed by atoms with van der Waals surface area (Å²) in [6.45, 7) is 8.53. The van der Waals surface area contributed by atoms with Crippen molar-refractivity contribution in [3.63, 3.8) is 0 Å². The van der Waals surface area contributed by atoms with Gasteiger partial charge in [-0.05, 0) is 60.2 Å². The summed E-state index contributed by atoms with van der Waals surface area (Å²) in [5, 5.41) is 0. The van der Waals surface area contributed by atoms with Gasteiger partial charge in [-0.3, -0.25) is 9.36 Å². The van der Waals surface area contributed by atoms with Gasteiger partial charge in [-0.1, -0.05) is 91.9 Å². The van der Waals surface area contributed by atoms with E-state index in [9.17, 15) is 9.59 Å². The van der Waals surface area contributed by atoms with Crippen LogP contribution < -0.4 is 19.6 Å². The Bertz CT molecular complexity index is 1730. The Hall–Kier alpha value is -4.23. The molecule has 0 radical (unpaired) electrons. The minimum atomic E-state index is -0.626. The van der Waals surface area contributed by atoms with Crippen LogP contribution in [-0.4, -0.2) is 17.1 Å². The third-order valence-electron chi connectivity index (χ3n) is 6.84. The Morgan fingerprint density at radius 2 is 1.80 bits per heavy atom. The van der Waals surface area contributed by atoms with Crippen LogP contribution >= 0.6 is 11.3 Å². The summed E-state index contributed by atoms with van der Waals surface area (Å²) >= 11 is 1.31. The lowest BCUT2D eigenvalue weighted by Gasteiger charge is -2.25. The van der Waals surface area contributed by atoms with Gasteiger partial charge in [0.2, 0.25) is 0 Å². The summed E-state index contributed by atoms with van der Waals surface area (Å²) < 4.78 is 13.5. The zero-order valence-corrected chi connectivity index (χ0v) is 23.9. The quantitative estimate of drug-likeness (QED) is 0.271. The number of nitrogens with zero attached hydrogens (tertiary/aromatic N) is 2. The van der Waals surface area contributed by atoms with E-state index in [0.29, 0.717) is 38.9 Å². The van der Waals surface area contributed by atoms with Gasteiger partial charge in [-0.25, -0.2) is 9.79 Å². The Balaban J connectivity index is 1.56. The lowest BCUT2D eigenvalue weighted by atomic mass is 9.93. The van der Waals surface area contributed by atoms with Gasteiger partial charge >= 0.3 is 5.97 Å². The van der Waals surface area contributed by atoms with Crippen LogP contribution in [0.5, 0.6) is 5.75 Å². The molecular formula is C33H32N2O4S. The molecule has 1 aliphatic heterocycles. The number of fused-ring (bicyclic) bond motifs is 1. The van der Waals surface area contributed by atoms with Gasteiger partial charge in [-0.15, -0.1) is 0 Å². The fraction of sp³-hybridized carbons (Fsp3) is 0.242. The molecule has 0 amide bonds. The number of allylic oxidation sites excluding steroid dienone is 1. The summed E-state index contributed by atoms with van der Waals surface area (Å²) in [6.07, 6.45) is 1.85. The molecule has 2 heterocycles. The van der Waals surface area contributed by atoms with Gasteiger partial charge in [0.15, 0.2) is 4.80 Å². The van der Waals surface area contributed by atoms with Crippen molar-refractivity contribution in [1.29, 1.82) is 0 Å². The van der Waals surface area contributed by atoms with Gasteiger partial charge < -0.3 is 9.47 Å². The molecule has 5 rings (SSSR count). The SMILES string of the molecule is CCOC(=O)C1=C(C)N=c2s/c(=C\c3cccc(OCc4ccccc4)c3)c(=O)n2[C@@H]1c1ccc(C(C)C)cc1. The maximum Gasteiger partial charge on any atom is 0.338 e. The van der Waals surface area contributed by atoms with Crippen LogP contribution in [0.2, 0.25) is 0 Å². The van der Waals surface area contributed by atoms with Gasteiger partial charge in [-0.2, -0.15) is 0 Å². The monoisotopic (exact) mass is 552 g/mol. The van der Waals surface area contributed by atoms with E-state index in [4.69, 9.17) is 9.47 Å². The molecule has 0 N–H and O–H groups in total. The van der Waals surface area contributed by atoms with Crippen molar-refractivity contribution in [2.45, 2.75) is 46.3 Å². The molecular weight excluding hydrogens is 520 g/mol. The topological polar surface area (TPSA) is 69.9 Å². The molecule has 0 unspecified atom stereocenters. The smallest absolute Gasteiger partial charge is 0.338 e. The number of thiazole rings is 1. The highest BCUT2D eigenvalue weighted by Gasteiger charge is 2.33. The largest absolute Gasteiger partial charge is 0.489 e. The Kier molecular flexibility index (Phi) is 8.12. The normalized spacial score (nSPS) is 15.1. The number of hydrogen-bond acceptors (Lipinski definition) is 6. The van der Waals surface area contributed by atoms with Crippen LogP contribution in [0.1, 0.15) is 61.9 Å². The third kappa shape index (κ3) is 5.70. The van der Waals surface area contributed by atoms with Gasteiger partial charge in [0.25, 0.3) is 5.56 Å². The van der Waals surface area contributed by atoms with Gasteiger partial charge in [0, 0.05) is 0 Å². The summed E-state index contributed by atoms with van der Waals surface area (Å²) in [5.41, 5.74) is 4.68. The molecule has 0 saturated carbocycles. The summed E-state index contributed by atoms with van der Waals surface area (Å²) in [6, 6.07) is 25.1. The molecule has 204 valence electrons. The van der Waals surface area contributed by atoms with Crippen LogP contribution in [-0.2, 0) is 16.1 Å². The van der Waals surface area contributed by atoms with E-state index in [2.05, 4.69) is 31.0 Å². The number of esters is 1. The van der Waals surface area contributed by atoms with Crippen LogP contribution in [0.4, 0.5) is 0 Å². The first-order valence-corrected chi connectivity index (χ1v) is 14.2. The third-order valence-corrected chi connectivity index (χ3v) is 7.82. The average molecular weight is 553 g/mol. The second-order valence-electron chi connectivity index (χ2n) is 9.97.